The van der Waals surface area contributed by atoms with Crippen molar-refractivity contribution < 1.29 is 0 Å². The van der Waals surface area contributed by atoms with Crippen LogP contribution < -0.4 is 0 Å². The Hall–Kier alpha value is -0.850. The predicted molar refractivity (Wildman–Crippen MR) is 64.0 cm³/mol. The van der Waals surface area contributed by atoms with Crippen LogP contribution in [-0.2, 0) is 6.42 Å². The lowest BCUT2D eigenvalue weighted by molar-refractivity contribution is 0.344. The fraction of sp³-hybridized carbons (Fsp3) is 0.643. The molecular formula is C14H21N. The molecule has 1 saturated carbocycles. The molecule has 1 heterocycles. The number of hydrogen-bond donors (Lipinski definition) is 0. The van der Waals surface area contributed by atoms with E-state index in [1.807, 2.05) is 6.20 Å². The molecular weight excluding hydrogens is 182 g/mol. The molecule has 2 rings (SSSR count). The van der Waals surface area contributed by atoms with Crippen LogP contribution in [0.25, 0.3) is 0 Å². The second-order valence-corrected chi connectivity index (χ2v) is 4.90. The third kappa shape index (κ3) is 2.58. The second kappa shape index (κ2) is 4.78. The summed E-state index contributed by atoms with van der Waals surface area (Å²) in [5.41, 5.74) is 2.67. The fourth-order valence-electron chi connectivity index (χ4n) is 2.44. The van der Waals surface area contributed by atoms with Crippen LogP contribution in [0.3, 0.4) is 0 Å². The summed E-state index contributed by atoms with van der Waals surface area (Å²) in [4.78, 5) is 4.60. The molecule has 0 N–H and O–H groups in total. The molecule has 1 aliphatic rings. The van der Waals surface area contributed by atoms with E-state index >= 15 is 0 Å². The summed E-state index contributed by atoms with van der Waals surface area (Å²) < 4.78 is 0. The molecule has 0 saturated heterocycles. The van der Waals surface area contributed by atoms with Crippen LogP contribution in [0.15, 0.2) is 18.3 Å². The highest BCUT2D eigenvalue weighted by molar-refractivity contribution is 5.17. The number of pyridine rings is 1. The van der Waals surface area contributed by atoms with Gasteiger partial charge in [-0.05, 0) is 36.8 Å². The summed E-state index contributed by atoms with van der Waals surface area (Å²) in [6.45, 7) is 4.54. The van der Waals surface area contributed by atoms with Gasteiger partial charge in [0, 0.05) is 17.8 Å². The Labute approximate surface area is 92.9 Å². The SMILES string of the molecule is CCc1ccc([C@H]2CC[C@H](C)CC2)nc1. The Morgan fingerprint density at radius 2 is 1.93 bits per heavy atom. The zero-order chi connectivity index (χ0) is 10.7. The molecule has 0 radical (unpaired) electrons. The standard InChI is InChI=1S/C14H21N/c1-3-12-6-9-14(15-10-12)13-7-4-11(2)5-8-13/h6,9-11,13H,3-5,7-8H2,1-2H3/t11-,13-. The largest absolute Gasteiger partial charge is 0.261 e. The van der Waals surface area contributed by atoms with Gasteiger partial charge in [0.2, 0.25) is 0 Å². The maximum Gasteiger partial charge on any atom is 0.0434 e. The Bertz CT molecular complexity index is 294. The van der Waals surface area contributed by atoms with Gasteiger partial charge in [-0.25, -0.2) is 0 Å². The van der Waals surface area contributed by atoms with Crippen LogP contribution in [0.5, 0.6) is 0 Å². The van der Waals surface area contributed by atoms with Crippen LogP contribution in [-0.4, -0.2) is 4.98 Å². The predicted octanol–water partition coefficient (Wildman–Crippen LogP) is 3.94. The van der Waals surface area contributed by atoms with Crippen molar-refractivity contribution in [1.29, 1.82) is 0 Å². The van der Waals surface area contributed by atoms with Crippen LogP contribution in [0.2, 0.25) is 0 Å². The first-order valence-electron chi connectivity index (χ1n) is 6.24. The van der Waals surface area contributed by atoms with Gasteiger partial charge in [0.1, 0.15) is 0 Å². The number of hydrogen-bond acceptors (Lipinski definition) is 1. The molecule has 15 heavy (non-hydrogen) atoms. The zero-order valence-electron chi connectivity index (χ0n) is 9.87. The van der Waals surface area contributed by atoms with E-state index in [1.54, 1.807) is 0 Å². The van der Waals surface area contributed by atoms with Crippen molar-refractivity contribution in [1.82, 2.24) is 4.98 Å². The van der Waals surface area contributed by atoms with Gasteiger partial charge in [-0.15, -0.1) is 0 Å². The molecule has 0 bridgehead atoms. The van der Waals surface area contributed by atoms with Gasteiger partial charge in [-0.1, -0.05) is 32.8 Å². The molecule has 0 atom stereocenters. The van der Waals surface area contributed by atoms with Gasteiger partial charge in [-0.3, -0.25) is 4.98 Å². The Kier molecular flexibility index (Phi) is 3.40. The van der Waals surface area contributed by atoms with Crippen molar-refractivity contribution >= 4 is 0 Å². The fourth-order valence-corrected chi connectivity index (χ4v) is 2.44. The monoisotopic (exact) mass is 203 g/mol. The van der Waals surface area contributed by atoms with E-state index in [0.717, 1.165) is 18.3 Å². The quantitative estimate of drug-likeness (QED) is 0.709. The van der Waals surface area contributed by atoms with Gasteiger partial charge in [0.25, 0.3) is 0 Å². The van der Waals surface area contributed by atoms with Crippen molar-refractivity contribution in [2.75, 3.05) is 0 Å². The third-order valence-corrected chi connectivity index (χ3v) is 3.69. The number of rotatable bonds is 2. The van der Waals surface area contributed by atoms with Gasteiger partial charge < -0.3 is 0 Å². The molecule has 1 aromatic rings. The zero-order valence-corrected chi connectivity index (χ0v) is 9.87. The Morgan fingerprint density at radius 1 is 1.20 bits per heavy atom. The van der Waals surface area contributed by atoms with E-state index in [1.165, 1.54) is 36.9 Å². The second-order valence-electron chi connectivity index (χ2n) is 4.90. The van der Waals surface area contributed by atoms with Crippen molar-refractivity contribution in [2.45, 2.75) is 51.9 Å². The molecule has 0 aliphatic heterocycles. The van der Waals surface area contributed by atoms with Gasteiger partial charge in [0.05, 0.1) is 0 Å². The maximum absolute atomic E-state index is 4.60. The molecule has 82 valence electrons. The summed E-state index contributed by atoms with van der Waals surface area (Å²) in [5.74, 6) is 1.66. The molecule has 0 spiro atoms. The molecule has 1 nitrogen and oxygen atoms in total. The van der Waals surface area contributed by atoms with E-state index in [0.29, 0.717) is 0 Å². The van der Waals surface area contributed by atoms with E-state index in [9.17, 15) is 0 Å². The van der Waals surface area contributed by atoms with E-state index in [-0.39, 0.29) is 0 Å². The summed E-state index contributed by atoms with van der Waals surface area (Å²) in [7, 11) is 0. The highest BCUT2D eigenvalue weighted by atomic mass is 14.7. The molecule has 1 aliphatic carbocycles. The van der Waals surface area contributed by atoms with Crippen molar-refractivity contribution in [3.63, 3.8) is 0 Å². The third-order valence-electron chi connectivity index (χ3n) is 3.69. The summed E-state index contributed by atoms with van der Waals surface area (Å²) >= 11 is 0. The van der Waals surface area contributed by atoms with Gasteiger partial charge in [0.15, 0.2) is 0 Å². The first-order valence-corrected chi connectivity index (χ1v) is 6.24. The minimum absolute atomic E-state index is 0.729. The van der Waals surface area contributed by atoms with Crippen LogP contribution in [0.1, 0.15) is 56.7 Å². The number of aromatic nitrogens is 1. The smallest absolute Gasteiger partial charge is 0.0434 e. The molecule has 1 aromatic heterocycles. The number of nitrogens with zero attached hydrogens (tertiary/aromatic N) is 1. The first-order chi connectivity index (χ1) is 7.29. The Morgan fingerprint density at radius 3 is 2.47 bits per heavy atom. The van der Waals surface area contributed by atoms with Gasteiger partial charge >= 0.3 is 0 Å². The lowest BCUT2D eigenvalue weighted by Crippen LogP contribution is -2.11. The molecule has 0 amide bonds. The van der Waals surface area contributed by atoms with Crippen LogP contribution >= 0.6 is 0 Å². The highest BCUT2D eigenvalue weighted by Crippen LogP contribution is 2.34. The minimum Gasteiger partial charge on any atom is -0.261 e. The van der Waals surface area contributed by atoms with Crippen molar-refractivity contribution in [2.24, 2.45) is 5.92 Å². The average molecular weight is 203 g/mol. The van der Waals surface area contributed by atoms with E-state index < -0.39 is 0 Å². The normalized spacial score (nSPS) is 26.5. The highest BCUT2D eigenvalue weighted by Gasteiger charge is 2.20. The Balaban J connectivity index is 2.03. The lowest BCUT2D eigenvalue weighted by atomic mass is 9.81. The average Bonchev–Trinajstić information content (AvgIpc) is 2.30. The summed E-state index contributed by atoms with van der Waals surface area (Å²) in [6, 6.07) is 4.47. The maximum atomic E-state index is 4.60. The van der Waals surface area contributed by atoms with Crippen LogP contribution in [0, 0.1) is 5.92 Å². The van der Waals surface area contributed by atoms with Gasteiger partial charge in [-0.2, -0.15) is 0 Å². The summed E-state index contributed by atoms with van der Waals surface area (Å²) in [6.07, 6.45) is 8.56. The topological polar surface area (TPSA) is 12.9 Å². The minimum atomic E-state index is 0.729. The lowest BCUT2D eigenvalue weighted by Gasteiger charge is -2.25. The molecule has 1 fully saturated rings. The first kappa shape index (κ1) is 10.7. The van der Waals surface area contributed by atoms with Crippen molar-refractivity contribution in [3.05, 3.63) is 29.6 Å². The molecule has 1 heteroatoms. The number of aryl methyl sites for hydroxylation is 1. The molecule has 0 aromatic carbocycles. The van der Waals surface area contributed by atoms with Crippen molar-refractivity contribution in [3.8, 4) is 0 Å². The van der Waals surface area contributed by atoms with E-state index in [2.05, 4.69) is 31.0 Å². The van der Waals surface area contributed by atoms with E-state index in [4.69, 9.17) is 0 Å². The van der Waals surface area contributed by atoms with Crippen LogP contribution in [0.4, 0.5) is 0 Å². The molecule has 0 unspecified atom stereocenters. The summed E-state index contributed by atoms with van der Waals surface area (Å²) in [5, 5.41) is 0.